The van der Waals surface area contributed by atoms with Crippen molar-refractivity contribution in [2.75, 3.05) is 6.61 Å². The number of nitrogens with one attached hydrogen (secondary N) is 2. The Bertz CT molecular complexity index is 1500. The normalized spacial score (nSPS) is 12.7. The summed E-state index contributed by atoms with van der Waals surface area (Å²) in [5, 5.41) is 2.91. The van der Waals surface area contributed by atoms with Crippen LogP contribution in [0.3, 0.4) is 0 Å². The zero-order chi connectivity index (χ0) is 28.4. The first-order valence-corrected chi connectivity index (χ1v) is 14.2. The van der Waals surface area contributed by atoms with Crippen LogP contribution >= 0.6 is 0 Å². The Kier molecular flexibility index (Phi) is 9.77. The molecule has 0 heterocycles. The van der Waals surface area contributed by atoms with Gasteiger partial charge >= 0.3 is 5.97 Å². The molecule has 0 spiro atoms. The standard InChI is InChI=1S/C31H29FN2O5S/c32-26-16-18-28(19-17-26)40(37,38)34-29(21-24-12-6-2-7-13-24)31(36)39-22-27(20-23-10-4-1-5-11-23)33-30(35)25-14-8-3-9-15-25/h1-19,27,29,34H,20-22H2,(H,33,35)/t27-,29-/m0/s1. The zero-order valence-corrected chi connectivity index (χ0v) is 22.4. The van der Waals surface area contributed by atoms with E-state index in [1.54, 1.807) is 54.6 Å². The fourth-order valence-electron chi connectivity index (χ4n) is 4.08. The van der Waals surface area contributed by atoms with E-state index in [-0.39, 0.29) is 23.8 Å². The minimum atomic E-state index is -4.17. The van der Waals surface area contributed by atoms with Gasteiger partial charge in [-0.3, -0.25) is 9.59 Å². The molecule has 0 aromatic heterocycles. The molecule has 0 aliphatic heterocycles. The SMILES string of the molecule is O=C(N[C@H](COC(=O)[C@H](Cc1ccccc1)NS(=O)(=O)c1ccc(F)cc1)Cc1ccccc1)c1ccccc1. The van der Waals surface area contributed by atoms with Crippen molar-refractivity contribution in [3.63, 3.8) is 0 Å². The first kappa shape index (κ1) is 28.7. The third-order valence-electron chi connectivity index (χ3n) is 6.11. The average Bonchev–Trinajstić information content (AvgIpc) is 2.97. The van der Waals surface area contributed by atoms with Crippen LogP contribution in [0.5, 0.6) is 0 Å². The van der Waals surface area contributed by atoms with E-state index in [1.807, 2.05) is 36.4 Å². The summed E-state index contributed by atoms with van der Waals surface area (Å²) < 4.78 is 47.4. The van der Waals surface area contributed by atoms with Crippen molar-refractivity contribution < 1.29 is 27.1 Å². The molecule has 4 aromatic carbocycles. The lowest BCUT2D eigenvalue weighted by atomic mass is 10.1. The fourth-order valence-corrected chi connectivity index (χ4v) is 5.27. The second-order valence-corrected chi connectivity index (χ2v) is 10.9. The third-order valence-corrected chi connectivity index (χ3v) is 7.60. The van der Waals surface area contributed by atoms with E-state index < -0.39 is 33.9 Å². The van der Waals surface area contributed by atoms with E-state index in [4.69, 9.17) is 4.74 Å². The van der Waals surface area contributed by atoms with E-state index in [0.717, 1.165) is 29.8 Å². The minimum absolute atomic E-state index is 0.0276. The summed E-state index contributed by atoms with van der Waals surface area (Å²) in [6.07, 6.45) is 0.414. The Morgan fingerprint density at radius 1 is 0.725 bits per heavy atom. The number of carbonyl (C=O) groups is 2. The van der Waals surface area contributed by atoms with Crippen LogP contribution < -0.4 is 10.0 Å². The van der Waals surface area contributed by atoms with Gasteiger partial charge in [0.15, 0.2) is 0 Å². The van der Waals surface area contributed by atoms with Crippen LogP contribution in [0, 0.1) is 5.82 Å². The quantitative estimate of drug-likeness (QED) is 0.252. The second kappa shape index (κ2) is 13.6. The van der Waals surface area contributed by atoms with Crippen LogP contribution in [0.1, 0.15) is 21.5 Å². The Morgan fingerprint density at radius 2 is 1.25 bits per heavy atom. The van der Waals surface area contributed by atoms with Crippen LogP contribution in [-0.4, -0.2) is 39.0 Å². The smallest absolute Gasteiger partial charge is 0.324 e. The van der Waals surface area contributed by atoms with Gasteiger partial charge in [-0.15, -0.1) is 0 Å². The maximum Gasteiger partial charge on any atom is 0.324 e. The van der Waals surface area contributed by atoms with Crippen LogP contribution in [0.15, 0.2) is 120 Å². The van der Waals surface area contributed by atoms with Crippen molar-refractivity contribution in [2.24, 2.45) is 0 Å². The molecular formula is C31H29FN2O5S. The third kappa shape index (κ3) is 8.33. The van der Waals surface area contributed by atoms with Crippen molar-refractivity contribution in [2.45, 2.75) is 29.8 Å². The van der Waals surface area contributed by atoms with Gasteiger partial charge in [-0.05, 0) is 60.4 Å². The topological polar surface area (TPSA) is 102 Å². The highest BCUT2D eigenvalue weighted by molar-refractivity contribution is 7.89. The van der Waals surface area contributed by atoms with E-state index in [2.05, 4.69) is 10.0 Å². The van der Waals surface area contributed by atoms with Gasteiger partial charge in [0.1, 0.15) is 18.5 Å². The second-order valence-electron chi connectivity index (χ2n) is 9.17. The van der Waals surface area contributed by atoms with Gasteiger partial charge in [-0.25, -0.2) is 12.8 Å². The lowest BCUT2D eigenvalue weighted by Crippen LogP contribution is -2.46. The van der Waals surface area contributed by atoms with Crippen molar-refractivity contribution in [1.82, 2.24) is 10.0 Å². The highest BCUT2D eigenvalue weighted by Gasteiger charge is 2.28. The summed E-state index contributed by atoms with van der Waals surface area (Å²) in [5.41, 5.74) is 2.10. The number of amides is 1. The summed E-state index contributed by atoms with van der Waals surface area (Å²) >= 11 is 0. The predicted octanol–water partition coefficient (Wildman–Crippen LogP) is 4.30. The van der Waals surface area contributed by atoms with Crippen LogP contribution in [0.25, 0.3) is 0 Å². The molecule has 9 heteroatoms. The summed E-state index contributed by atoms with van der Waals surface area (Å²) in [6, 6.07) is 29.5. The Hall–Kier alpha value is -4.34. The maximum absolute atomic E-state index is 13.4. The largest absolute Gasteiger partial charge is 0.462 e. The molecule has 0 radical (unpaired) electrons. The van der Waals surface area contributed by atoms with E-state index in [9.17, 15) is 22.4 Å². The molecule has 0 fully saturated rings. The molecule has 40 heavy (non-hydrogen) atoms. The Balaban J connectivity index is 1.51. The lowest BCUT2D eigenvalue weighted by molar-refractivity contribution is -0.146. The molecule has 4 aromatic rings. The van der Waals surface area contributed by atoms with Gasteiger partial charge < -0.3 is 10.1 Å². The number of hydrogen-bond donors (Lipinski definition) is 2. The number of halogens is 1. The van der Waals surface area contributed by atoms with Gasteiger partial charge in [-0.2, -0.15) is 4.72 Å². The minimum Gasteiger partial charge on any atom is -0.462 e. The van der Waals surface area contributed by atoms with Crippen LogP contribution in [-0.2, 0) is 32.4 Å². The zero-order valence-electron chi connectivity index (χ0n) is 21.6. The Labute approximate surface area is 233 Å². The molecule has 0 saturated heterocycles. The summed E-state index contributed by atoms with van der Waals surface area (Å²) in [4.78, 5) is 26.0. The number of ether oxygens (including phenoxy) is 1. The molecule has 206 valence electrons. The highest BCUT2D eigenvalue weighted by Crippen LogP contribution is 2.14. The monoisotopic (exact) mass is 560 g/mol. The molecule has 0 aliphatic rings. The van der Waals surface area contributed by atoms with Gasteiger partial charge in [0, 0.05) is 5.56 Å². The number of carbonyl (C=O) groups excluding carboxylic acids is 2. The number of rotatable bonds is 12. The summed E-state index contributed by atoms with van der Waals surface area (Å²) in [7, 11) is -4.17. The van der Waals surface area contributed by atoms with Gasteiger partial charge in [0.05, 0.1) is 10.9 Å². The average molecular weight is 561 g/mol. The van der Waals surface area contributed by atoms with Crippen LogP contribution in [0.4, 0.5) is 4.39 Å². The molecule has 0 unspecified atom stereocenters. The fraction of sp³-hybridized carbons (Fsp3) is 0.161. The summed E-state index contributed by atoms with van der Waals surface area (Å²) in [6.45, 7) is -0.185. The first-order chi connectivity index (χ1) is 19.3. The number of hydrogen-bond acceptors (Lipinski definition) is 5. The maximum atomic E-state index is 13.4. The molecule has 2 N–H and O–H groups in total. The molecule has 7 nitrogen and oxygen atoms in total. The number of benzene rings is 4. The highest BCUT2D eigenvalue weighted by atomic mass is 32.2. The van der Waals surface area contributed by atoms with E-state index in [0.29, 0.717) is 17.5 Å². The molecule has 0 saturated carbocycles. The molecular weight excluding hydrogens is 531 g/mol. The number of esters is 1. The summed E-state index contributed by atoms with van der Waals surface area (Å²) in [5.74, 6) is -1.71. The predicted molar refractivity (Wildman–Crippen MR) is 149 cm³/mol. The van der Waals surface area contributed by atoms with Gasteiger partial charge in [0.25, 0.3) is 5.91 Å². The number of sulfonamides is 1. The lowest BCUT2D eigenvalue weighted by Gasteiger charge is -2.22. The van der Waals surface area contributed by atoms with Crippen molar-refractivity contribution >= 4 is 21.9 Å². The molecule has 0 aliphatic carbocycles. The van der Waals surface area contributed by atoms with Gasteiger partial charge in [-0.1, -0.05) is 78.9 Å². The van der Waals surface area contributed by atoms with Gasteiger partial charge in [0.2, 0.25) is 10.0 Å². The van der Waals surface area contributed by atoms with E-state index in [1.165, 1.54) is 0 Å². The molecule has 2 atom stereocenters. The van der Waals surface area contributed by atoms with Crippen molar-refractivity contribution in [1.29, 1.82) is 0 Å². The van der Waals surface area contributed by atoms with Crippen LogP contribution in [0.2, 0.25) is 0 Å². The van der Waals surface area contributed by atoms with Crippen molar-refractivity contribution in [3.05, 3.63) is 138 Å². The van der Waals surface area contributed by atoms with Crippen molar-refractivity contribution in [3.8, 4) is 0 Å². The van der Waals surface area contributed by atoms with E-state index >= 15 is 0 Å². The first-order valence-electron chi connectivity index (χ1n) is 12.7. The molecule has 4 rings (SSSR count). The Morgan fingerprint density at radius 3 is 1.82 bits per heavy atom. The molecule has 1 amide bonds. The molecule has 0 bridgehead atoms.